The van der Waals surface area contributed by atoms with Crippen LogP contribution < -0.4 is 5.32 Å². The molecule has 0 aromatic heterocycles. The number of rotatable bonds is 6. The highest BCUT2D eigenvalue weighted by atomic mass is 16.4. The van der Waals surface area contributed by atoms with Crippen LogP contribution in [0.4, 0.5) is 4.79 Å². The molecule has 1 aliphatic rings. The lowest BCUT2D eigenvalue weighted by Gasteiger charge is -2.37. The van der Waals surface area contributed by atoms with Crippen molar-refractivity contribution in [3.8, 4) is 0 Å². The molecule has 0 aliphatic carbocycles. The van der Waals surface area contributed by atoms with Gasteiger partial charge in [0.25, 0.3) is 0 Å². The molecular formula is C16H30N2O3. The van der Waals surface area contributed by atoms with Gasteiger partial charge in [0.05, 0.1) is 0 Å². The number of carboxylic acid groups (broad SMARTS) is 1. The minimum absolute atomic E-state index is 0.0167. The van der Waals surface area contributed by atoms with Crippen LogP contribution in [0.15, 0.2) is 0 Å². The summed E-state index contributed by atoms with van der Waals surface area (Å²) in [7, 11) is 0. The molecule has 2 atom stereocenters. The number of carbonyl (C=O) groups is 2. The molecule has 0 spiro atoms. The molecule has 2 N–H and O–H groups in total. The molecule has 1 rings (SSSR count). The Morgan fingerprint density at radius 3 is 2.52 bits per heavy atom. The van der Waals surface area contributed by atoms with Crippen molar-refractivity contribution in [3.05, 3.63) is 0 Å². The van der Waals surface area contributed by atoms with Gasteiger partial charge in [0.1, 0.15) is 0 Å². The van der Waals surface area contributed by atoms with Gasteiger partial charge in [-0.05, 0) is 43.9 Å². The first kappa shape index (κ1) is 17.8. The molecule has 1 heterocycles. The molecule has 1 fully saturated rings. The summed E-state index contributed by atoms with van der Waals surface area (Å²) in [6.45, 7) is 9.81. The molecule has 2 unspecified atom stereocenters. The van der Waals surface area contributed by atoms with Crippen molar-refractivity contribution in [2.75, 3.05) is 13.1 Å². The number of aliphatic carboxylic acids is 1. The summed E-state index contributed by atoms with van der Waals surface area (Å²) in [4.78, 5) is 24.8. The molecule has 21 heavy (non-hydrogen) atoms. The van der Waals surface area contributed by atoms with Gasteiger partial charge >= 0.3 is 12.0 Å². The van der Waals surface area contributed by atoms with Crippen LogP contribution in [0.2, 0.25) is 0 Å². The molecule has 0 saturated carbocycles. The maximum Gasteiger partial charge on any atom is 0.317 e. The fourth-order valence-electron chi connectivity index (χ4n) is 2.75. The number of amides is 2. The van der Waals surface area contributed by atoms with E-state index in [4.69, 9.17) is 5.11 Å². The number of carbonyl (C=O) groups excluding carboxylic acids is 1. The quantitative estimate of drug-likeness (QED) is 0.791. The molecule has 0 aromatic rings. The Bertz CT molecular complexity index is 369. The van der Waals surface area contributed by atoms with Gasteiger partial charge in [0, 0.05) is 25.6 Å². The number of hydrogen-bond acceptors (Lipinski definition) is 2. The third-order valence-electron chi connectivity index (χ3n) is 4.47. The first-order valence-electron chi connectivity index (χ1n) is 7.97. The molecule has 2 amide bonds. The maximum absolute atomic E-state index is 12.2. The van der Waals surface area contributed by atoms with E-state index in [1.807, 2.05) is 18.7 Å². The van der Waals surface area contributed by atoms with E-state index in [0.717, 1.165) is 19.4 Å². The Hall–Kier alpha value is -1.26. The van der Waals surface area contributed by atoms with Gasteiger partial charge in [0.2, 0.25) is 0 Å². The lowest BCUT2D eigenvalue weighted by atomic mass is 9.84. The van der Waals surface area contributed by atoms with Gasteiger partial charge in [0.15, 0.2) is 0 Å². The standard InChI is InChI=1S/C16H30N2O3/c1-12-5-6-13(2)18(11-12)15(21)17-10-9-16(3,4)8-7-14(19)20/h12-13H,5-11H2,1-4H3,(H,17,21)(H,19,20). The average molecular weight is 298 g/mol. The number of nitrogens with one attached hydrogen (secondary N) is 1. The van der Waals surface area contributed by atoms with Crippen molar-refractivity contribution in [2.45, 2.75) is 65.8 Å². The van der Waals surface area contributed by atoms with Crippen molar-refractivity contribution in [2.24, 2.45) is 11.3 Å². The second kappa shape index (κ2) is 7.66. The number of carboxylic acids is 1. The van der Waals surface area contributed by atoms with Crippen LogP contribution in [0.1, 0.15) is 59.8 Å². The van der Waals surface area contributed by atoms with Gasteiger partial charge in [-0.2, -0.15) is 0 Å². The monoisotopic (exact) mass is 298 g/mol. The molecule has 5 nitrogen and oxygen atoms in total. The Balaban J connectivity index is 2.33. The van der Waals surface area contributed by atoms with Crippen molar-refractivity contribution in [3.63, 3.8) is 0 Å². The zero-order valence-corrected chi connectivity index (χ0v) is 13.8. The van der Waals surface area contributed by atoms with Crippen molar-refractivity contribution < 1.29 is 14.7 Å². The van der Waals surface area contributed by atoms with Gasteiger partial charge in [-0.3, -0.25) is 4.79 Å². The van der Waals surface area contributed by atoms with E-state index in [9.17, 15) is 9.59 Å². The molecule has 0 aromatic carbocycles. The first-order valence-corrected chi connectivity index (χ1v) is 7.97. The Morgan fingerprint density at radius 2 is 1.90 bits per heavy atom. The topological polar surface area (TPSA) is 69.6 Å². The SMILES string of the molecule is CC1CCC(C)N(C(=O)NCCC(C)(C)CCC(=O)O)C1. The zero-order valence-electron chi connectivity index (χ0n) is 13.8. The summed E-state index contributed by atoms with van der Waals surface area (Å²) in [6.07, 6.45) is 3.87. The second-order valence-electron chi connectivity index (χ2n) is 7.22. The van der Waals surface area contributed by atoms with E-state index in [2.05, 4.69) is 19.2 Å². The Kier molecular flexibility index (Phi) is 6.49. The van der Waals surface area contributed by atoms with Crippen LogP contribution in [-0.4, -0.2) is 41.1 Å². The second-order valence-corrected chi connectivity index (χ2v) is 7.22. The van der Waals surface area contributed by atoms with Crippen molar-refractivity contribution in [1.29, 1.82) is 0 Å². The minimum Gasteiger partial charge on any atom is -0.481 e. The van der Waals surface area contributed by atoms with Crippen LogP contribution in [0.25, 0.3) is 0 Å². The fraction of sp³-hybridized carbons (Fsp3) is 0.875. The van der Waals surface area contributed by atoms with Crippen LogP contribution in [-0.2, 0) is 4.79 Å². The smallest absolute Gasteiger partial charge is 0.317 e. The van der Waals surface area contributed by atoms with Crippen molar-refractivity contribution in [1.82, 2.24) is 10.2 Å². The van der Waals surface area contributed by atoms with Crippen LogP contribution in [0.3, 0.4) is 0 Å². The molecule has 0 radical (unpaired) electrons. The van der Waals surface area contributed by atoms with Gasteiger partial charge in [-0.15, -0.1) is 0 Å². The minimum atomic E-state index is -0.761. The summed E-state index contributed by atoms with van der Waals surface area (Å²) in [5.74, 6) is -0.192. The van der Waals surface area contributed by atoms with E-state index in [1.165, 1.54) is 6.42 Å². The number of piperidine rings is 1. The Labute approximate surface area is 128 Å². The summed E-state index contributed by atoms with van der Waals surface area (Å²) < 4.78 is 0. The summed E-state index contributed by atoms with van der Waals surface area (Å²) >= 11 is 0. The highest BCUT2D eigenvalue weighted by molar-refractivity contribution is 5.74. The largest absolute Gasteiger partial charge is 0.481 e. The van der Waals surface area contributed by atoms with Gasteiger partial charge in [-0.1, -0.05) is 20.8 Å². The highest BCUT2D eigenvalue weighted by Gasteiger charge is 2.27. The highest BCUT2D eigenvalue weighted by Crippen LogP contribution is 2.26. The molecule has 122 valence electrons. The summed E-state index contributed by atoms with van der Waals surface area (Å²) in [5, 5.41) is 11.7. The lowest BCUT2D eigenvalue weighted by Crippen LogP contribution is -2.50. The number of urea groups is 1. The number of hydrogen-bond donors (Lipinski definition) is 2. The molecule has 1 aliphatic heterocycles. The van der Waals surface area contributed by atoms with Crippen molar-refractivity contribution >= 4 is 12.0 Å². The van der Waals surface area contributed by atoms with E-state index in [-0.39, 0.29) is 17.9 Å². The van der Waals surface area contributed by atoms with Gasteiger partial charge in [-0.25, -0.2) is 4.79 Å². The summed E-state index contributed by atoms with van der Waals surface area (Å²) in [6, 6.07) is 0.323. The van der Waals surface area contributed by atoms with Crippen LogP contribution in [0.5, 0.6) is 0 Å². The average Bonchev–Trinajstić information content (AvgIpc) is 2.39. The molecule has 0 bridgehead atoms. The Morgan fingerprint density at radius 1 is 1.24 bits per heavy atom. The van der Waals surface area contributed by atoms with E-state index < -0.39 is 5.97 Å². The number of nitrogens with zero attached hydrogens (tertiary/aromatic N) is 1. The normalized spacial score (nSPS) is 23.0. The third kappa shape index (κ3) is 6.36. The predicted molar refractivity (Wildman–Crippen MR) is 83.2 cm³/mol. The molecule has 1 saturated heterocycles. The third-order valence-corrected chi connectivity index (χ3v) is 4.47. The zero-order chi connectivity index (χ0) is 16.0. The van der Waals surface area contributed by atoms with E-state index in [1.54, 1.807) is 0 Å². The lowest BCUT2D eigenvalue weighted by molar-refractivity contribution is -0.137. The van der Waals surface area contributed by atoms with Gasteiger partial charge < -0.3 is 15.3 Å². The molecular weight excluding hydrogens is 268 g/mol. The van der Waals surface area contributed by atoms with E-state index in [0.29, 0.717) is 24.9 Å². The van der Waals surface area contributed by atoms with E-state index >= 15 is 0 Å². The number of likely N-dealkylation sites (tertiary alicyclic amines) is 1. The predicted octanol–water partition coefficient (Wildman–Crippen LogP) is 3.10. The first-order chi connectivity index (χ1) is 9.71. The summed E-state index contributed by atoms with van der Waals surface area (Å²) in [5.41, 5.74) is -0.0630. The van der Waals surface area contributed by atoms with Crippen LogP contribution in [0, 0.1) is 11.3 Å². The van der Waals surface area contributed by atoms with Crippen LogP contribution >= 0.6 is 0 Å². The maximum atomic E-state index is 12.2. The fourth-order valence-corrected chi connectivity index (χ4v) is 2.75. The molecule has 5 heteroatoms.